The standard InChI is InChI=1S/C19H22ClN3O3/c1-13-10-16(26-21-13)11-18(24)23-9-3-4-17(23)19(25)22(2)12-14-5-7-15(20)8-6-14/h5-8,10,17H,3-4,9,11-12H2,1-2H3/t17-/m0/s1. The Morgan fingerprint density at radius 1 is 1.35 bits per heavy atom. The van der Waals surface area contributed by atoms with Gasteiger partial charge in [-0.3, -0.25) is 9.59 Å². The molecule has 2 amide bonds. The Hall–Kier alpha value is -2.34. The maximum atomic E-state index is 12.9. The number of halogens is 1. The van der Waals surface area contributed by atoms with Gasteiger partial charge < -0.3 is 14.3 Å². The molecule has 0 aliphatic carbocycles. The quantitative estimate of drug-likeness (QED) is 0.806. The number of rotatable bonds is 5. The Labute approximate surface area is 157 Å². The van der Waals surface area contributed by atoms with Crippen LogP contribution in [0.15, 0.2) is 34.9 Å². The van der Waals surface area contributed by atoms with Crippen LogP contribution in [0.4, 0.5) is 0 Å². The Kier molecular flexibility index (Phi) is 5.61. The first-order valence-corrected chi connectivity index (χ1v) is 9.03. The highest BCUT2D eigenvalue weighted by Gasteiger charge is 2.35. The molecule has 1 fully saturated rings. The van der Waals surface area contributed by atoms with Gasteiger partial charge in [0.2, 0.25) is 11.8 Å². The molecule has 0 bridgehead atoms. The third-order valence-electron chi connectivity index (χ3n) is 4.57. The van der Waals surface area contributed by atoms with Crippen molar-refractivity contribution in [2.24, 2.45) is 0 Å². The minimum Gasteiger partial charge on any atom is -0.361 e. The minimum absolute atomic E-state index is 0.0421. The van der Waals surface area contributed by atoms with Crippen LogP contribution in [0.25, 0.3) is 0 Å². The number of nitrogens with zero attached hydrogens (tertiary/aromatic N) is 3. The predicted molar refractivity (Wildman–Crippen MR) is 97.6 cm³/mol. The van der Waals surface area contributed by atoms with Crippen molar-refractivity contribution in [3.63, 3.8) is 0 Å². The van der Waals surface area contributed by atoms with Gasteiger partial charge in [0.25, 0.3) is 0 Å². The summed E-state index contributed by atoms with van der Waals surface area (Å²) >= 11 is 5.90. The van der Waals surface area contributed by atoms with Crippen molar-refractivity contribution in [2.75, 3.05) is 13.6 Å². The Bertz CT molecular complexity index is 788. The Balaban J connectivity index is 1.63. The number of likely N-dealkylation sites (N-methyl/N-ethyl adjacent to an activating group) is 1. The number of aromatic nitrogens is 1. The lowest BCUT2D eigenvalue weighted by Gasteiger charge is -2.28. The largest absolute Gasteiger partial charge is 0.361 e. The van der Waals surface area contributed by atoms with E-state index in [2.05, 4.69) is 5.16 Å². The van der Waals surface area contributed by atoms with Crippen LogP contribution in [0, 0.1) is 6.92 Å². The first kappa shape index (κ1) is 18.5. The molecule has 1 saturated heterocycles. The molecule has 0 N–H and O–H groups in total. The minimum atomic E-state index is -0.413. The molecule has 2 heterocycles. The lowest BCUT2D eigenvalue weighted by molar-refractivity contribution is -0.143. The van der Waals surface area contributed by atoms with E-state index < -0.39 is 6.04 Å². The summed E-state index contributed by atoms with van der Waals surface area (Å²) in [6.07, 6.45) is 1.64. The van der Waals surface area contributed by atoms with Crippen LogP contribution in [0.1, 0.15) is 29.9 Å². The summed E-state index contributed by atoms with van der Waals surface area (Å²) in [5, 5.41) is 4.47. The number of carbonyl (C=O) groups excluding carboxylic acids is 2. The van der Waals surface area contributed by atoms with E-state index >= 15 is 0 Å². The van der Waals surface area contributed by atoms with E-state index in [4.69, 9.17) is 16.1 Å². The van der Waals surface area contributed by atoms with Gasteiger partial charge >= 0.3 is 0 Å². The third-order valence-corrected chi connectivity index (χ3v) is 4.82. The molecule has 0 saturated carbocycles. The molecule has 0 radical (unpaired) electrons. The molecule has 1 atom stereocenters. The lowest BCUT2D eigenvalue weighted by Crippen LogP contribution is -2.46. The van der Waals surface area contributed by atoms with Gasteiger partial charge in [0.15, 0.2) is 0 Å². The van der Waals surface area contributed by atoms with Crippen molar-refractivity contribution in [2.45, 2.75) is 38.8 Å². The second-order valence-electron chi connectivity index (χ2n) is 6.68. The molecular weight excluding hydrogens is 354 g/mol. The SMILES string of the molecule is Cc1cc(CC(=O)N2CCC[C@H]2C(=O)N(C)Cc2ccc(Cl)cc2)on1. The summed E-state index contributed by atoms with van der Waals surface area (Å²) in [5.74, 6) is 0.386. The number of benzene rings is 1. The van der Waals surface area contributed by atoms with Crippen molar-refractivity contribution in [3.8, 4) is 0 Å². The van der Waals surface area contributed by atoms with Crippen molar-refractivity contribution in [3.05, 3.63) is 52.4 Å². The fourth-order valence-corrected chi connectivity index (χ4v) is 3.39. The molecule has 138 valence electrons. The Morgan fingerprint density at radius 3 is 2.73 bits per heavy atom. The predicted octanol–water partition coefficient (Wildman–Crippen LogP) is 2.83. The number of amides is 2. The maximum absolute atomic E-state index is 12.9. The van der Waals surface area contributed by atoms with Gasteiger partial charge in [0.05, 0.1) is 12.1 Å². The van der Waals surface area contributed by atoms with Gasteiger partial charge in [0, 0.05) is 31.2 Å². The van der Waals surface area contributed by atoms with E-state index in [0.29, 0.717) is 30.3 Å². The summed E-state index contributed by atoms with van der Waals surface area (Å²) in [5.41, 5.74) is 1.74. The van der Waals surface area contributed by atoms with E-state index in [1.807, 2.05) is 19.1 Å². The second-order valence-corrected chi connectivity index (χ2v) is 7.11. The number of likely N-dealkylation sites (tertiary alicyclic amines) is 1. The summed E-state index contributed by atoms with van der Waals surface area (Å²) in [4.78, 5) is 28.8. The highest BCUT2D eigenvalue weighted by Crippen LogP contribution is 2.21. The van der Waals surface area contributed by atoms with Crippen molar-refractivity contribution >= 4 is 23.4 Å². The van der Waals surface area contributed by atoms with Crippen molar-refractivity contribution < 1.29 is 14.1 Å². The summed E-state index contributed by atoms with van der Waals surface area (Å²) in [6, 6.07) is 8.74. The molecule has 1 aliphatic heterocycles. The molecule has 26 heavy (non-hydrogen) atoms. The smallest absolute Gasteiger partial charge is 0.245 e. The van der Waals surface area contributed by atoms with Gasteiger partial charge in [0.1, 0.15) is 11.8 Å². The van der Waals surface area contributed by atoms with Gasteiger partial charge in [-0.2, -0.15) is 0 Å². The normalized spacial score (nSPS) is 16.7. The maximum Gasteiger partial charge on any atom is 0.245 e. The van der Waals surface area contributed by atoms with Gasteiger partial charge in [-0.25, -0.2) is 0 Å². The number of aryl methyl sites for hydroxylation is 1. The molecular formula is C19H22ClN3O3. The zero-order valence-corrected chi connectivity index (χ0v) is 15.7. The van der Waals surface area contributed by atoms with Gasteiger partial charge in [-0.05, 0) is 37.5 Å². The van der Waals surface area contributed by atoms with Crippen LogP contribution < -0.4 is 0 Å². The highest BCUT2D eigenvalue weighted by atomic mass is 35.5. The average Bonchev–Trinajstić information content (AvgIpc) is 3.25. The average molecular weight is 376 g/mol. The van der Waals surface area contributed by atoms with E-state index in [0.717, 1.165) is 17.7 Å². The van der Waals surface area contributed by atoms with Crippen LogP contribution in [-0.2, 0) is 22.6 Å². The topological polar surface area (TPSA) is 66.7 Å². The molecule has 1 aliphatic rings. The number of hydrogen-bond acceptors (Lipinski definition) is 4. The summed E-state index contributed by atoms with van der Waals surface area (Å²) < 4.78 is 5.12. The van der Waals surface area contributed by atoms with E-state index in [9.17, 15) is 9.59 Å². The lowest BCUT2D eigenvalue weighted by atomic mass is 10.1. The van der Waals surface area contributed by atoms with Crippen LogP contribution >= 0.6 is 11.6 Å². The van der Waals surface area contributed by atoms with Crippen LogP contribution in [-0.4, -0.2) is 46.4 Å². The molecule has 3 rings (SSSR count). The van der Waals surface area contributed by atoms with Gasteiger partial charge in [-0.15, -0.1) is 0 Å². The van der Waals surface area contributed by atoms with Crippen molar-refractivity contribution in [1.82, 2.24) is 15.0 Å². The number of carbonyl (C=O) groups is 2. The number of hydrogen-bond donors (Lipinski definition) is 0. The van der Waals surface area contributed by atoms with E-state index in [1.165, 1.54) is 0 Å². The molecule has 6 nitrogen and oxygen atoms in total. The first-order chi connectivity index (χ1) is 12.4. The van der Waals surface area contributed by atoms with Crippen LogP contribution in [0.5, 0.6) is 0 Å². The van der Waals surface area contributed by atoms with Crippen LogP contribution in [0.2, 0.25) is 5.02 Å². The highest BCUT2D eigenvalue weighted by molar-refractivity contribution is 6.30. The molecule has 0 spiro atoms. The van der Waals surface area contributed by atoms with Crippen LogP contribution in [0.3, 0.4) is 0 Å². The zero-order chi connectivity index (χ0) is 18.7. The monoisotopic (exact) mass is 375 g/mol. The fraction of sp³-hybridized carbons (Fsp3) is 0.421. The summed E-state index contributed by atoms with van der Waals surface area (Å²) in [7, 11) is 1.76. The van der Waals surface area contributed by atoms with E-state index in [1.54, 1.807) is 35.0 Å². The third kappa shape index (κ3) is 4.25. The van der Waals surface area contributed by atoms with Gasteiger partial charge in [-0.1, -0.05) is 28.9 Å². The fourth-order valence-electron chi connectivity index (χ4n) is 3.27. The van der Waals surface area contributed by atoms with E-state index in [-0.39, 0.29) is 18.2 Å². The molecule has 1 aromatic heterocycles. The molecule has 0 unspecified atom stereocenters. The summed E-state index contributed by atoms with van der Waals surface area (Å²) in [6.45, 7) is 2.89. The molecule has 1 aromatic carbocycles. The Morgan fingerprint density at radius 2 is 2.08 bits per heavy atom. The second kappa shape index (κ2) is 7.91. The molecule has 7 heteroatoms. The zero-order valence-electron chi connectivity index (χ0n) is 14.9. The first-order valence-electron chi connectivity index (χ1n) is 8.65. The van der Waals surface area contributed by atoms with Crippen molar-refractivity contribution in [1.29, 1.82) is 0 Å². The molecule has 2 aromatic rings.